The van der Waals surface area contributed by atoms with Gasteiger partial charge in [0, 0.05) is 30.9 Å². The van der Waals surface area contributed by atoms with Crippen molar-refractivity contribution in [2.75, 3.05) is 6.61 Å². The predicted molar refractivity (Wildman–Crippen MR) is 71.4 cm³/mol. The highest BCUT2D eigenvalue weighted by atomic mass is 16.5. The largest absolute Gasteiger partial charge is 0.493 e. The van der Waals surface area contributed by atoms with Crippen LogP contribution in [-0.2, 0) is 13.5 Å². The van der Waals surface area contributed by atoms with E-state index >= 15 is 0 Å². The van der Waals surface area contributed by atoms with Crippen molar-refractivity contribution in [3.05, 3.63) is 47.8 Å². The quantitative estimate of drug-likeness (QED) is 0.365. The highest BCUT2D eigenvalue weighted by Gasteiger charge is 2.01. The van der Waals surface area contributed by atoms with Crippen molar-refractivity contribution >= 4 is 5.84 Å². The monoisotopic (exact) mass is 260 g/mol. The maximum atomic E-state index is 8.55. The minimum absolute atomic E-state index is 0.0847. The van der Waals surface area contributed by atoms with Crippen LogP contribution in [0.15, 0.2) is 41.7 Å². The maximum Gasteiger partial charge on any atom is 0.170 e. The Kier molecular flexibility index (Phi) is 4.02. The van der Waals surface area contributed by atoms with Crippen LogP contribution in [0.3, 0.4) is 0 Å². The fraction of sp³-hybridized carbons (Fsp3) is 0.231. The lowest BCUT2D eigenvalue weighted by atomic mass is 10.2. The molecule has 0 atom stereocenters. The van der Waals surface area contributed by atoms with Crippen molar-refractivity contribution in [3.8, 4) is 5.75 Å². The molecule has 100 valence electrons. The number of hydrogen-bond acceptors (Lipinski definition) is 4. The van der Waals surface area contributed by atoms with Gasteiger partial charge in [0.05, 0.1) is 6.61 Å². The molecular weight excluding hydrogens is 244 g/mol. The molecule has 0 aliphatic heterocycles. The Morgan fingerprint density at radius 3 is 2.68 bits per heavy atom. The lowest BCUT2D eigenvalue weighted by Crippen LogP contribution is -2.12. The summed E-state index contributed by atoms with van der Waals surface area (Å²) >= 11 is 0. The number of aromatic nitrogens is 2. The molecule has 0 fully saturated rings. The third-order valence-electron chi connectivity index (χ3n) is 2.81. The zero-order valence-corrected chi connectivity index (χ0v) is 10.7. The van der Waals surface area contributed by atoms with Crippen molar-refractivity contribution in [1.82, 2.24) is 9.78 Å². The first kappa shape index (κ1) is 12.9. The van der Waals surface area contributed by atoms with Gasteiger partial charge in [-0.1, -0.05) is 5.16 Å². The topological polar surface area (TPSA) is 85.7 Å². The van der Waals surface area contributed by atoms with Gasteiger partial charge in [0.1, 0.15) is 5.75 Å². The Morgan fingerprint density at radius 1 is 1.37 bits per heavy atom. The van der Waals surface area contributed by atoms with E-state index in [0.29, 0.717) is 12.2 Å². The Morgan fingerprint density at radius 2 is 2.11 bits per heavy atom. The van der Waals surface area contributed by atoms with Crippen molar-refractivity contribution in [3.63, 3.8) is 0 Å². The minimum atomic E-state index is 0.0847. The molecule has 1 aromatic carbocycles. The third kappa shape index (κ3) is 3.25. The number of oxime groups is 1. The van der Waals surface area contributed by atoms with Crippen LogP contribution >= 0.6 is 0 Å². The van der Waals surface area contributed by atoms with Crippen LogP contribution in [0, 0.1) is 0 Å². The number of benzene rings is 1. The lowest BCUT2D eigenvalue weighted by molar-refractivity contribution is 0.317. The van der Waals surface area contributed by atoms with E-state index in [9.17, 15) is 0 Å². The molecule has 0 unspecified atom stereocenters. The molecule has 2 rings (SSSR count). The second-order valence-corrected chi connectivity index (χ2v) is 4.05. The second kappa shape index (κ2) is 5.90. The van der Waals surface area contributed by atoms with Crippen LogP contribution in [-0.4, -0.2) is 27.4 Å². The van der Waals surface area contributed by atoms with Gasteiger partial charge in [-0.2, -0.15) is 5.10 Å². The van der Waals surface area contributed by atoms with E-state index in [4.69, 9.17) is 15.7 Å². The van der Waals surface area contributed by atoms with Gasteiger partial charge in [-0.3, -0.25) is 4.68 Å². The van der Waals surface area contributed by atoms with Crippen molar-refractivity contribution in [2.24, 2.45) is 17.9 Å². The van der Waals surface area contributed by atoms with Crippen molar-refractivity contribution < 1.29 is 9.94 Å². The van der Waals surface area contributed by atoms with E-state index in [-0.39, 0.29) is 5.84 Å². The molecule has 1 aromatic heterocycles. The van der Waals surface area contributed by atoms with Gasteiger partial charge in [-0.25, -0.2) is 0 Å². The molecule has 0 radical (unpaired) electrons. The molecule has 0 spiro atoms. The van der Waals surface area contributed by atoms with Crippen molar-refractivity contribution in [2.45, 2.75) is 6.42 Å². The zero-order valence-electron chi connectivity index (χ0n) is 10.7. The van der Waals surface area contributed by atoms with Crippen LogP contribution in [0.1, 0.15) is 11.3 Å². The molecule has 1 heterocycles. The maximum absolute atomic E-state index is 8.55. The summed E-state index contributed by atoms with van der Waals surface area (Å²) in [5.41, 5.74) is 7.25. The van der Waals surface area contributed by atoms with Gasteiger partial charge in [0.15, 0.2) is 5.84 Å². The second-order valence-electron chi connectivity index (χ2n) is 4.05. The first-order chi connectivity index (χ1) is 9.20. The molecule has 6 heteroatoms. The standard InChI is InChI=1S/C13H16N4O2/c1-17-11(6-8-15-17)7-9-19-12-4-2-10(3-5-12)13(14)16-18/h2-6,8,18H,7,9H2,1H3,(H2,14,16). The number of nitrogens with two attached hydrogens (primary N) is 1. The molecule has 6 nitrogen and oxygen atoms in total. The van der Waals surface area contributed by atoms with Crippen molar-refractivity contribution in [1.29, 1.82) is 0 Å². The summed E-state index contributed by atoms with van der Waals surface area (Å²) in [7, 11) is 1.90. The van der Waals surface area contributed by atoms with E-state index in [1.807, 2.05) is 17.8 Å². The summed E-state index contributed by atoms with van der Waals surface area (Å²) in [6.07, 6.45) is 2.56. The predicted octanol–water partition coefficient (Wildman–Crippen LogP) is 1.14. The summed E-state index contributed by atoms with van der Waals surface area (Å²) in [5, 5.41) is 15.6. The van der Waals surface area contributed by atoms with Gasteiger partial charge in [-0.05, 0) is 30.3 Å². The number of hydrogen-bond donors (Lipinski definition) is 2. The molecule has 0 bridgehead atoms. The average molecular weight is 260 g/mol. The molecular formula is C13H16N4O2. The Labute approximate surface area is 111 Å². The number of nitrogens with zero attached hydrogens (tertiary/aromatic N) is 3. The molecule has 3 N–H and O–H groups in total. The molecule has 2 aromatic rings. The summed E-state index contributed by atoms with van der Waals surface area (Å²) in [6, 6.07) is 9.03. The van der Waals surface area contributed by atoms with Crippen LogP contribution in [0.2, 0.25) is 0 Å². The van der Waals surface area contributed by atoms with Gasteiger partial charge in [0.25, 0.3) is 0 Å². The molecule has 0 amide bonds. The summed E-state index contributed by atoms with van der Waals surface area (Å²) in [5.74, 6) is 0.832. The molecule has 19 heavy (non-hydrogen) atoms. The smallest absolute Gasteiger partial charge is 0.170 e. The molecule has 0 aliphatic carbocycles. The van der Waals surface area contributed by atoms with E-state index in [2.05, 4.69) is 10.3 Å². The summed E-state index contributed by atoms with van der Waals surface area (Å²) in [4.78, 5) is 0. The van der Waals surface area contributed by atoms with E-state index in [1.54, 1.807) is 30.5 Å². The van der Waals surface area contributed by atoms with Crippen LogP contribution < -0.4 is 10.5 Å². The average Bonchev–Trinajstić information content (AvgIpc) is 2.84. The highest BCUT2D eigenvalue weighted by molar-refractivity contribution is 5.97. The summed E-state index contributed by atoms with van der Waals surface area (Å²) in [6.45, 7) is 0.572. The van der Waals surface area contributed by atoms with Gasteiger partial charge in [0.2, 0.25) is 0 Å². The van der Waals surface area contributed by atoms with Crippen LogP contribution in [0.25, 0.3) is 0 Å². The molecule has 0 saturated carbocycles. The zero-order chi connectivity index (χ0) is 13.7. The fourth-order valence-electron chi connectivity index (χ4n) is 1.70. The Hall–Kier alpha value is -2.50. The number of amidine groups is 1. The van der Waals surface area contributed by atoms with Crippen LogP contribution in [0.5, 0.6) is 5.75 Å². The molecule has 0 aliphatic rings. The van der Waals surface area contributed by atoms with Crippen LogP contribution in [0.4, 0.5) is 0 Å². The Bertz CT molecular complexity index is 560. The van der Waals surface area contributed by atoms with E-state index < -0.39 is 0 Å². The van der Waals surface area contributed by atoms with E-state index in [1.165, 1.54) is 0 Å². The third-order valence-corrected chi connectivity index (χ3v) is 2.81. The fourth-order valence-corrected chi connectivity index (χ4v) is 1.70. The molecule has 0 saturated heterocycles. The SMILES string of the molecule is Cn1nccc1CCOc1ccc(/C(N)=N/O)cc1. The minimum Gasteiger partial charge on any atom is -0.493 e. The van der Waals surface area contributed by atoms with Gasteiger partial charge >= 0.3 is 0 Å². The van der Waals surface area contributed by atoms with Gasteiger partial charge < -0.3 is 15.7 Å². The van der Waals surface area contributed by atoms with Gasteiger partial charge in [-0.15, -0.1) is 0 Å². The Balaban J connectivity index is 1.88. The number of rotatable bonds is 5. The normalized spacial score (nSPS) is 11.5. The summed E-state index contributed by atoms with van der Waals surface area (Å²) < 4.78 is 7.44. The van der Waals surface area contributed by atoms with E-state index in [0.717, 1.165) is 17.9 Å². The first-order valence-electron chi connectivity index (χ1n) is 5.88. The number of ether oxygens (including phenoxy) is 1. The highest BCUT2D eigenvalue weighted by Crippen LogP contribution is 2.12. The lowest BCUT2D eigenvalue weighted by Gasteiger charge is -2.07. The number of aryl methyl sites for hydroxylation is 1. The first-order valence-corrected chi connectivity index (χ1v) is 5.88.